The van der Waals surface area contributed by atoms with Gasteiger partial charge in [-0.15, -0.1) is 5.10 Å². The minimum atomic E-state index is 0.301. The summed E-state index contributed by atoms with van der Waals surface area (Å²) < 4.78 is 1.67. The molecule has 5 heteroatoms. The van der Waals surface area contributed by atoms with Crippen LogP contribution in [0.15, 0.2) is 24.3 Å². The molecule has 0 amide bonds. The summed E-state index contributed by atoms with van der Waals surface area (Å²) >= 11 is 6.10. The van der Waals surface area contributed by atoms with E-state index >= 15 is 0 Å². The molecular weight excluding hydrogens is 224 g/mol. The summed E-state index contributed by atoms with van der Waals surface area (Å²) in [6.07, 6.45) is 0. The van der Waals surface area contributed by atoms with Crippen molar-refractivity contribution in [2.75, 3.05) is 0 Å². The van der Waals surface area contributed by atoms with E-state index in [2.05, 4.69) is 10.3 Å². The van der Waals surface area contributed by atoms with Gasteiger partial charge < -0.3 is 0 Å². The van der Waals surface area contributed by atoms with Gasteiger partial charge in [0.25, 0.3) is 0 Å². The fraction of sp³-hybridized carbons (Fsp3) is 0.182. The molecule has 16 heavy (non-hydrogen) atoms. The smallest absolute Gasteiger partial charge is 0.190 e. The third-order valence-electron chi connectivity index (χ3n) is 2.27. The van der Waals surface area contributed by atoms with Gasteiger partial charge in [0.15, 0.2) is 5.69 Å². The van der Waals surface area contributed by atoms with Gasteiger partial charge in [0.05, 0.1) is 5.02 Å². The zero-order chi connectivity index (χ0) is 11.5. The minimum absolute atomic E-state index is 0.301. The van der Waals surface area contributed by atoms with E-state index in [1.165, 1.54) is 0 Å². The number of hydrogen-bond acceptors (Lipinski definition) is 3. The second kappa shape index (κ2) is 4.33. The first kappa shape index (κ1) is 10.7. The van der Waals surface area contributed by atoms with Gasteiger partial charge in [-0.1, -0.05) is 35.0 Å². The Morgan fingerprint density at radius 2 is 2.19 bits per heavy atom. The highest BCUT2D eigenvalue weighted by Gasteiger charge is 2.15. The molecule has 0 saturated carbocycles. The molecule has 0 saturated heterocycles. The second-order valence-electron chi connectivity index (χ2n) is 3.19. The zero-order valence-corrected chi connectivity index (χ0v) is 9.44. The average Bonchev–Trinajstić information content (AvgIpc) is 2.72. The van der Waals surface area contributed by atoms with Crippen molar-refractivity contribution in [2.24, 2.45) is 0 Å². The van der Waals surface area contributed by atoms with Crippen molar-refractivity contribution in [3.05, 3.63) is 35.0 Å². The number of benzene rings is 1. The van der Waals surface area contributed by atoms with Gasteiger partial charge in [-0.05, 0) is 13.0 Å². The Hall–Kier alpha value is -1.86. The summed E-state index contributed by atoms with van der Waals surface area (Å²) in [5.41, 5.74) is 1.76. The predicted molar refractivity (Wildman–Crippen MR) is 60.9 cm³/mol. The van der Waals surface area contributed by atoms with Crippen LogP contribution in [-0.4, -0.2) is 15.0 Å². The molecule has 0 radical (unpaired) electrons. The molecular formula is C11H9ClN4. The van der Waals surface area contributed by atoms with Gasteiger partial charge in [0.2, 0.25) is 0 Å². The maximum atomic E-state index is 8.97. The average molecular weight is 233 g/mol. The number of hydrogen-bond donors (Lipinski definition) is 0. The van der Waals surface area contributed by atoms with Gasteiger partial charge in [0, 0.05) is 12.1 Å². The van der Waals surface area contributed by atoms with E-state index in [0.717, 1.165) is 5.56 Å². The molecule has 1 aromatic carbocycles. The lowest BCUT2D eigenvalue weighted by Gasteiger charge is -2.05. The molecule has 2 aromatic rings. The van der Waals surface area contributed by atoms with E-state index in [4.69, 9.17) is 16.9 Å². The van der Waals surface area contributed by atoms with Crippen LogP contribution in [0, 0.1) is 11.3 Å². The van der Waals surface area contributed by atoms with Crippen molar-refractivity contribution in [3.8, 4) is 17.3 Å². The Balaban J connectivity index is 2.68. The number of nitrogens with zero attached hydrogens (tertiary/aromatic N) is 4. The summed E-state index contributed by atoms with van der Waals surface area (Å²) in [6.45, 7) is 2.59. The highest BCUT2D eigenvalue weighted by Crippen LogP contribution is 2.28. The van der Waals surface area contributed by atoms with E-state index in [9.17, 15) is 0 Å². The fourth-order valence-electron chi connectivity index (χ4n) is 1.53. The highest BCUT2D eigenvalue weighted by molar-refractivity contribution is 6.33. The van der Waals surface area contributed by atoms with Crippen molar-refractivity contribution < 1.29 is 0 Å². The molecule has 0 atom stereocenters. The lowest BCUT2D eigenvalue weighted by molar-refractivity contribution is 0.632. The summed E-state index contributed by atoms with van der Waals surface area (Å²) in [5, 5.41) is 17.3. The zero-order valence-electron chi connectivity index (χ0n) is 8.68. The first-order valence-electron chi connectivity index (χ1n) is 4.86. The van der Waals surface area contributed by atoms with Crippen LogP contribution in [0.4, 0.5) is 0 Å². The van der Waals surface area contributed by atoms with Gasteiger partial charge >= 0.3 is 0 Å². The number of rotatable bonds is 2. The molecule has 0 bridgehead atoms. The molecule has 1 aromatic heterocycles. The third kappa shape index (κ3) is 1.66. The van der Waals surface area contributed by atoms with Gasteiger partial charge in [0.1, 0.15) is 11.8 Å². The van der Waals surface area contributed by atoms with E-state index in [-0.39, 0.29) is 0 Å². The summed E-state index contributed by atoms with van der Waals surface area (Å²) in [5.74, 6) is 0. The molecule has 4 nitrogen and oxygen atoms in total. The number of nitriles is 1. The molecule has 2 rings (SSSR count). The van der Waals surface area contributed by atoms with Crippen molar-refractivity contribution >= 4 is 11.6 Å². The number of aryl methyl sites for hydroxylation is 1. The number of aromatic nitrogens is 3. The van der Waals surface area contributed by atoms with E-state index in [1.807, 2.05) is 31.2 Å². The molecule has 0 fully saturated rings. The van der Waals surface area contributed by atoms with Crippen LogP contribution in [0.2, 0.25) is 5.02 Å². The number of halogens is 1. The Bertz CT molecular complexity index is 553. The normalized spacial score (nSPS) is 10.1. The second-order valence-corrected chi connectivity index (χ2v) is 3.60. The van der Waals surface area contributed by atoms with Gasteiger partial charge in [-0.2, -0.15) is 5.26 Å². The first-order chi connectivity index (χ1) is 7.77. The molecule has 80 valence electrons. The van der Waals surface area contributed by atoms with Crippen molar-refractivity contribution in [3.63, 3.8) is 0 Å². The summed E-state index contributed by atoms with van der Waals surface area (Å²) in [4.78, 5) is 0. The van der Waals surface area contributed by atoms with Crippen LogP contribution in [0.3, 0.4) is 0 Å². The van der Waals surface area contributed by atoms with Crippen LogP contribution in [0.5, 0.6) is 0 Å². The minimum Gasteiger partial charge on any atom is -0.243 e. The van der Waals surface area contributed by atoms with Crippen LogP contribution < -0.4 is 0 Å². The first-order valence-corrected chi connectivity index (χ1v) is 5.24. The predicted octanol–water partition coefficient (Wildman–Crippen LogP) is 2.49. The Kier molecular flexibility index (Phi) is 2.88. The van der Waals surface area contributed by atoms with E-state index in [1.54, 1.807) is 10.7 Å². The van der Waals surface area contributed by atoms with Crippen molar-refractivity contribution in [1.82, 2.24) is 15.0 Å². The molecule has 0 aliphatic carbocycles. The Morgan fingerprint density at radius 3 is 2.81 bits per heavy atom. The lowest BCUT2D eigenvalue weighted by Crippen LogP contribution is -2.00. The standard InChI is InChI=1S/C11H9ClN4/c1-2-16-11(10(7-13)14-15-16)8-5-3-4-6-9(8)12/h3-6H,2H2,1H3. The summed E-state index contributed by atoms with van der Waals surface area (Å²) in [6, 6.07) is 9.38. The molecule has 1 heterocycles. The van der Waals surface area contributed by atoms with Crippen LogP contribution >= 0.6 is 11.6 Å². The highest BCUT2D eigenvalue weighted by atomic mass is 35.5. The van der Waals surface area contributed by atoms with Crippen LogP contribution in [0.25, 0.3) is 11.3 Å². The largest absolute Gasteiger partial charge is 0.243 e. The van der Waals surface area contributed by atoms with Crippen molar-refractivity contribution in [2.45, 2.75) is 13.5 Å². The van der Waals surface area contributed by atoms with Gasteiger partial charge in [-0.3, -0.25) is 0 Å². The van der Waals surface area contributed by atoms with Crippen molar-refractivity contribution in [1.29, 1.82) is 5.26 Å². The Morgan fingerprint density at radius 1 is 1.44 bits per heavy atom. The molecule has 0 aliphatic heterocycles. The van der Waals surface area contributed by atoms with E-state index < -0.39 is 0 Å². The third-order valence-corrected chi connectivity index (χ3v) is 2.60. The Labute approximate surface area is 98.1 Å². The van der Waals surface area contributed by atoms with E-state index in [0.29, 0.717) is 23.0 Å². The van der Waals surface area contributed by atoms with Crippen LogP contribution in [0.1, 0.15) is 12.6 Å². The topological polar surface area (TPSA) is 54.5 Å². The summed E-state index contributed by atoms with van der Waals surface area (Å²) in [7, 11) is 0. The monoisotopic (exact) mass is 232 g/mol. The fourth-order valence-corrected chi connectivity index (χ4v) is 1.75. The van der Waals surface area contributed by atoms with Crippen LogP contribution in [-0.2, 0) is 6.54 Å². The molecule has 0 aliphatic rings. The van der Waals surface area contributed by atoms with Gasteiger partial charge in [-0.25, -0.2) is 4.68 Å². The maximum Gasteiger partial charge on any atom is 0.190 e. The lowest BCUT2D eigenvalue weighted by atomic mass is 10.1. The quantitative estimate of drug-likeness (QED) is 0.799. The molecule has 0 spiro atoms. The molecule has 0 N–H and O–H groups in total. The molecule has 0 unspecified atom stereocenters. The SMILES string of the molecule is CCn1nnc(C#N)c1-c1ccccc1Cl. The maximum absolute atomic E-state index is 8.97.